The van der Waals surface area contributed by atoms with E-state index in [0.29, 0.717) is 29.6 Å². The second-order valence-electron chi connectivity index (χ2n) is 10.5. The highest BCUT2D eigenvalue weighted by molar-refractivity contribution is 5.88. The minimum Gasteiger partial charge on any atom is -0.497 e. The maximum atomic E-state index is 13.2. The average Bonchev–Trinajstić information content (AvgIpc) is 3.47. The minimum atomic E-state index is -2.74. The van der Waals surface area contributed by atoms with Crippen molar-refractivity contribution >= 4 is 28.9 Å². The van der Waals surface area contributed by atoms with Crippen LogP contribution in [0.1, 0.15) is 42.4 Å². The Morgan fingerprint density at radius 2 is 1.66 bits per heavy atom. The summed E-state index contributed by atoms with van der Waals surface area (Å²) in [6, 6.07) is 11.5. The number of aliphatic carboxylic acids is 3. The number of ether oxygens (including phenoxy) is 3. The molecule has 13 heteroatoms. The Labute approximate surface area is 253 Å². The third kappa shape index (κ3) is 9.27. The van der Waals surface area contributed by atoms with Crippen LogP contribution in [0.3, 0.4) is 0 Å². The molecule has 4 rings (SSSR count). The third-order valence-corrected chi connectivity index (χ3v) is 7.05. The van der Waals surface area contributed by atoms with Crippen molar-refractivity contribution in [1.29, 1.82) is 0 Å². The van der Waals surface area contributed by atoms with Gasteiger partial charge in [-0.2, -0.15) is 0 Å². The van der Waals surface area contributed by atoms with Crippen LogP contribution >= 0.6 is 0 Å². The van der Waals surface area contributed by atoms with Crippen LogP contribution in [0.2, 0.25) is 0 Å². The van der Waals surface area contributed by atoms with Crippen molar-refractivity contribution in [1.82, 2.24) is 4.90 Å². The standard InChI is InChI=1S/C25H29NO5.C6H8O7/c1-17-6-8-24-22(11-17)25(27)19(16-31-24)14-26(15-21-5-4-10-30-21)13-18-12-20(28-2)7-9-23(18)29-3;7-3(8)1-6(13,5(11)12)2-4(9)10/h6-9,11-12,16,21H,4-5,10,13-15H2,1-3H3;13H,1-2H2,(H,7,8)(H,9,10)(H,11,12). The lowest BCUT2D eigenvalue weighted by molar-refractivity contribution is -0.170. The number of carboxylic acid groups (broad SMARTS) is 3. The summed E-state index contributed by atoms with van der Waals surface area (Å²) < 4.78 is 22.6. The fourth-order valence-electron chi connectivity index (χ4n) is 4.86. The van der Waals surface area contributed by atoms with Crippen LogP contribution in [0, 0.1) is 6.92 Å². The molecule has 2 heterocycles. The lowest BCUT2D eigenvalue weighted by Gasteiger charge is -2.26. The lowest BCUT2D eigenvalue weighted by atomic mass is 9.96. The van der Waals surface area contributed by atoms with Crippen molar-refractivity contribution in [3.05, 3.63) is 69.6 Å². The number of aryl methyl sites for hydroxylation is 1. The molecule has 0 amide bonds. The fraction of sp³-hybridized carbons (Fsp3) is 0.419. The predicted octanol–water partition coefficient (Wildman–Crippen LogP) is 3.05. The molecule has 0 radical (unpaired) electrons. The van der Waals surface area contributed by atoms with Crippen LogP contribution in [0.5, 0.6) is 11.5 Å². The van der Waals surface area contributed by atoms with E-state index in [1.54, 1.807) is 20.5 Å². The first-order chi connectivity index (χ1) is 20.8. The van der Waals surface area contributed by atoms with Crippen molar-refractivity contribution < 1.29 is 53.4 Å². The van der Waals surface area contributed by atoms with Crippen LogP contribution in [0.4, 0.5) is 0 Å². The normalized spacial score (nSPS) is 14.6. The molecular weight excluding hydrogens is 578 g/mol. The van der Waals surface area contributed by atoms with E-state index >= 15 is 0 Å². The van der Waals surface area contributed by atoms with Gasteiger partial charge in [-0.3, -0.25) is 19.3 Å². The number of aliphatic hydroxyl groups is 1. The summed E-state index contributed by atoms with van der Waals surface area (Å²) in [5, 5.41) is 34.4. The largest absolute Gasteiger partial charge is 0.497 e. The molecule has 0 aliphatic carbocycles. The summed E-state index contributed by atoms with van der Waals surface area (Å²) in [5.41, 5.74) is 0.560. The Hall–Kier alpha value is -4.46. The number of hydrogen-bond donors (Lipinski definition) is 4. The van der Waals surface area contributed by atoms with Gasteiger partial charge < -0.3 is 39.1 Å². The zero-order valence-electron chi connectivity index (χ0n) is 24.8. The van der Waals surface area contributed by atoms with E-state index in [9.17, 15) is 19.2 Å². The van der Waals surface area contributed by atoms with Gasteiger partial charge in [0.25, 0.3) is 0 Å². The molecule has 13 nitrogen and oxygen atoms in total. The predicted molar refractivity (Wildman–Crippen MR) is 157 cm³/mol. The Bertz CT molecular complexity index is 1510. The van der Waals surface area contributed by atoms with Crippen LogP contribution < -0.4 is 14.9 Å². The molecule has 238 valence electrons. The molecule has 0 spiro atoms. The second kappa shape index (κ2) is 15.3. The van der Waals surface area contributed by atoms with E-state index in [2.05, 4.69) is 4.90 Å². The van der Waals surface area contributed by atoms with E-state index in [4.69, 9.17) is 39.1 Å². The molecule has 1 unspecified atom stereocenters. The lowest BCUT2D eigenvalue weighted by Crippen LogP contribution is -2.42. The number of carboxylic acids is 3. The molecule has 1 saturated heterocycles. The fourth-order valence-corrected chi connectivity index (χ4v) is 4.86. The van der Waals surface area contributed by atoms with E-state index < -0.39 is 36.4 Å². The SMILES string of the molecule is COc1ccc(OC)c(CN(Cc2coc3ccc(C)cc3c2=O)CC2CCCO2)c1.O=C(O)CC(O)(CC(=O)O)C(=O)O. The van der Waals surface area contributed by atoms with Crippen molar-refractivity contribution in [2.75, 3.05) is 27.4 Å². The van der Waals surface area contributed by atoms with Gasteiger partial charge in [-0.1, -0.05) is 11.6 Å². The molecule has 1 aliphatic rings. The van der Waals surface area contributed by atoms with Crippen molar-refractivity contribution in [2.45, 2.75) is 57.4 Å². The molecule has 3 aromatic rings. The van der Waals surface area contributed by atoms with Gasteiger partial charge in [-0.15, -0.1) is 0 Å². The Kier molecular flexibility index (Phi) is 11.9. The number of fused-ring (bicyclic) bond motifs is 1. The van der Waals surface area contributed by atoms with Crippen molar-refractivity contribution in [3.8, 4) is 11.5 Å². The molecule has 0 saturated carbocycles. The molecule has 2 aromatic carbocycles. The summed E-state index contributed by atoms with van der Waals surface area (Å²) >= 11 is 0. The molecule has 1 atom stereocenters. The van der Waals surface area contributed by atoms with Crippen LogP contribution in [-0.2, 0) is 32.2 Å². The molecule has 1 fully saturated rings. The van der Waals surface area contributed by atoms with Gasteiger partial charge in [0.15, 0.2) is 11.0 Å². The Balaban J connectivity index is 0.000000345. The summed E-state index contributed by atoms with van der Waals surface area (Å²) in [7, 11) is 3.31. The molecule has 1 aromatic heterocycles. The number of rotatable bonds is 13. The number of benzene rings is 2. The minimum absolute atomic E-state index is 0.0138. The summed E-state index contributed by atoms with van der Waals surface area (Å²) in [5.74, 6) is -3.46. The first kappa shape index (κ1) is 34.0. The van der Waals surface area contributed by atoms with E-state index in [1.165, 1.54) is 0 Å². The molecule has 44 heavy (non-hydrogen) atoms. The number of hydrogen-bond acceptors (Lipinski definition) is 10. The third-order valence-electron chi connectivity index (χ3n) is 7.05. The Morgan fingerprint density at radius 1 is 0.977 bits per heavy atom. The monoisotopic (exact) mass is 615 g/mol. The molecular formula is C31H37NO12. The number of methoxy groups -OCH3 is 2. The highest BCUT2D eigenvalue weighted by Gasteiger charge is 2.40. The van der Waals surface area contributed by atoms with Gasteiger partial charge in [-0.05, 0) is 50.1 Å². The van der Waals surface area contributed by atoms with E-state index in [-0.39, 0.29) is 11.5 Å². The summed E-state index contributed by atoms with van der Waals surface area (Å²) in [6.07, 6.45) is 1.55. The molecule has 4 N–H and O–H groups in total. The van der Waals surface area contributed by atoms with Crippen LogP contribution in [-0.4, -0.2) is 82.3 Å². The molecule has 0 bridgehead atoms. The quantitative estimate of drug-likeness (QED) is 0.219. The van der Waals surface area contributed by atoms with Crippen LogP contribution in [0.15, 0.2) is 51.9 Å². The number of carbonyl (C=O) groups is 3. The summed E-state index contributed by atoms with van der Waals surface area (Å²) in [4.78, 5) is 45.9. The topological polar surface area (TPSA) is 193 Å². The zero-order valence-corrected chi connectivity index (χ0v) is 24.8. The Morgan fingerprint density at radius 3 is 2.23 bits per heavy atom. The first-order valence-electron chi connectivity index (χ1n) is 13.8. The molecule has 1 aliphatic heterocycles. The van der Waals surface area contributed by atoms with Gasteiger partial charge >= 0.3 is 17.9 Å². The van der Waals surface area contributed by atoms with E-state index in [0.717, 1.165) is 48.6 Å². The van der Waals surface area contributed by atoms with Crippen molar-refractivity contribution in [3.63, 3.8) is 0 Å². The second-order valence-corrected chi connectivity index (χ2v) is 10.5. The smallest absolute Gasteiger partial charge is 0.336 e. The highest BCUT2D eigenvalue weighted by Crippen LogP contribution is 2.27. The zero-order chi connectivity index (χ0) is 32.4. The van der Waals surface area contributed by atoms with Gasteiger partial charge in [0.1, 0.15) is 17.1 Å². The maximum Gasteiger partial charge on any atom is 0.336 e. The maximum absolute atomic E-state index is 13.2. The first-order valence-corrected chi connectivity index (χ1v) is 13.8. The van der Waals surface area contributed by atoms with Gasteiger partial charge in [0.05, 0.1) is 44.8 Å². The number of nitrogens with zero attached hydrogens (tertiary/aromatic N) is 1. The van der Waals surface area contributed by atoms with Crippen LogP contribution in [0.25, 0.3) is 11.0 Å². The van der Waals surface area contributed by atoms with Gasteiger partial charge in [-0.25, -0.2) is 4.79 Å². The van der Waals surface area contributed by atoms with Gasteiger partial charge in [0.2, 0.25) is 0 Å². The van der Waals surface area contributed by atoms with E-state index in [1.807, 2.05) is 43.3 Å². The van der Waals surface area contributed by atoms with Gasteiger partial charge in [0, 0.05) is 37.4 Å². The average molecular weight is 616 g/mol. The summed E-state index contributed by atoms with van der Waals surface area (Å²) in [6.45, 7) is 4.56. The van der Waals surface area contributed by atoms with Crippen molar-refractivity contribution in [2.24, 2.45) is 0 Å². The highest BCUT2D eigenvalue weighted by atomic mass is 16.5.